The molecule has 6 aliphatic rings. The van der Waals surface area contributed by atoms with Crippen molar-refractivity contribution < 1.29 is 23.9 Å². The topological polar surface area (TPSA) is 418 Å². The number of ketones is 1. The van der Waals surface area contributed by atoms with Crippen molar-refractivity contribution in [3.05, 3.63) is 227 Å². The predicted molar refractivity (Wildman–Crippen MR) is 533 cm³/mol. The van der Waals surface area contributed by atoms with Crippen LogP contribution in [0.4, 0.5) is 52.5 Å². The molecule has 0 radical (unpaired) electrons. The third-order valence-corrected chi connectivity index (χ3v) is 27.0. The van der Waals surface area contributed by atoms with Gasteiger partial charge in [0.25, 0.3) is 17.7 Å². The molecule has 13 aromatic heterocycles. The summed E-state index contributed by atoms with van der Waals surface area (Å²) in [6, 6.07) is 30.5. The van der Waals surface area contributed by atoms with Gasteiger partial charge in [-0.25, -0.2) is 64.8 Å². The normalized spacial score (nSPS) is 17.2. The molecule has 4 aromatic carbocycles. The molecule has 37 nitrogen and oxygen atoms in total. The van der Waals surface area contributed by atoms with Crippen molar-refractivity contribution in [1.29, 1.82) is 0 Å². The maximum atomic E-state index is 13.3. The highest BCUT2D eigenvalue weighted by atomic mass is 35.5. The number of Topliss-reactive ketones (excluding diaryl/α,β-unsaturated/α-hetero) is 1. The number of carbonyl (C=O) groups is 4. The largest absolute Gasteiger partial charge is 0.381 e. The molecule has 4 atom stereocenters. The molecular formula is C97H100Cl4N32O5. The van der Waals surface area contributed by atoms with E-state index in [1.165, 1.54) is 19.3 Å². The molecule has 17 heterocycles. The SMILES string of the molecule is Cn1cnc(-c2ccnc(Nc3cc(Cl)c4[nH]c(C(=O)CC5CCCNC5)cc4c3)n2)c1.Cn1cnc(-c2ccnc(Nc3cc(Cl)c4[nH]c(C(=O)N5CCN(C6CCOCC6)CC5)cc4c3)n2)c1.Cn1cnc(-c2ccnc(Nc3cc(Cl)c4[nH]c(C(=O)N5CCN(c6nccn6C)CC5)cc4c3)n2)c1.Cn1cnc(-c2ccnc(Nc3cc(Cl)c4[nH]c(C(=O)NC5[C@H]6CCC[C@@H]56)cc4c3)n2)c1. The molecule has 2 unspecified atom stereocenters. The number of piperazine rings is 2. The zero-order chi connectivity index (χ0) is 94.8. The Morgan fingerprint density at radius 3 is 1.17 bits per heavy atom. The Bertz CT molecular complexity index is 7150. The molecule has 4 aliphatic heterocycles. The van der Waals surface area contributed by atoms with E-state index in [4.69, 9.17) is 51.1 Å². The first kappa shape index (κ1) is 91.3. The van der Waals surface area contributed by atoms with E-state index in [2.05, 4.69) is 126 Å². The summed E-state index contributed by atoms with van der Waals surface area (Å²) in [5.41, 5.74) is 14.0. The van der Waals surface area contributed by atoms with Gasteiger partial charge in [0.2, 0.25) is 29.7 Å². The number of aromatic nitrogens is 22. The molecule has 3 amide bonds. The van der Waals surface area contributed by atoms with Gasteiger partial charge in [-0.15, -0.1) is 0 Å². The number of H-pyrrole nitrogens is 4. The number of halogens is 4. The summed E-state index contributed by atoms with van der Waals surface area (Å²) in [5.74, 6) is 4.39. The van der Waals surface area contributed by atoms with Gasteiger partial charge < -0.3 is 94.1 Å². The van der Waals surface area contributed by atoms with Crippen LogP contribution in [0.3, 0.4) is 0 Å². The zero-order valence-corrected chi connectivity index (χ0v) is 79.3. The van der Waals surface area contributed by atoms with Crippen LogP contribution in [0.15, 0.2) is 184 Å². The molecule has 2 aliphatic carbocycles. The van der Waals surface area contributed by atoms with E-state index in [0.29, 0.717) is 127 Å². The molecule has 4 saturated heterocycles. The zero-order valence-electron chi connectivity index (χ0n) is 76.2. The third kappa shape index (κ3) is 20.8. The first-order valence-corrected chi connectivity index (χ1v) is 47.4. The number of hydrogen-bond acceptors (Lipinski definition) is 25. The van der Waals surface area contributed by atoms with E-state index in [-0.39, 0.29) is 23.5 Å². The Hall–Kier alpha value is -14.5. The second kappa shape index (κ2) is 40.1. The maximum absolute atomic E-state index is 13.3. The van der Waals surface area contributed by atoms with Crippen LogP contribution in [0.5, 0.6) is 0 Å². The minimum atomic E-state index is -0.0717. The van der Waals surface area contributed by atoms with Gasteiger partial charge in [0.05, 0.1) is 95.9 Å². The average Bonchev–Trinajstić information content (AvgIpc) is 1.59. The molecule has 17 aromatic rings. The van der Waals surface area contributed by atoms with Crippen LogP contribution in [0.25, 0.3) is 89.2 Å². The maximum Gasteiger partial charge on any atom is 0.270 e. The molecule has 138 heavy (non-hydrogen) atoms. The van der Waals surface area contributed by atoms with Gasteiger partial charge in [-0.3, -0.25) is 24.1 Å². The Morgan fingerprint density at radius 2 is 0.797 bits per heavy atom. The summed E-state index contributed by atoms with van der Waals surface area (Å²) in [6.07, 6.45) is 33.6. The number of fused-ring (bicyclic) bond motifs is 5. The number of ether oxygens (including phenoxy) is 1. The molecule has 2 saturated carbocycles. The van der Waals surface area contributed by atoms with E-state index in [1.807, 2.05) is 172 Å². The first-order valence-electron chi connectivity index (χ1n) is 45.9. The fraction of sp³-hybridized carbons (Fsp3) is 0.309. The van der Waals surface area contributed by atoms with Crippen LogP contribution in [-0.2, 0) is 40.0 Å². The summed E-state index contributed by atoms with van der Waals surface area (Å²) in [7, 11) is 9.62. The van der Waals surface area contributed by atoms with Gasteiger partial charge in [-0.2, -0.15) is 0 Å². The van der Waals surface area contributed by atoms with Gasteiger partial charge in [-0.1, -0.05) is 52.8 Å². The summed E-state index contributed by atoms with van der Waals surface area (Å²) >= 11 is 26.2. The highest BCUT2D eigenvalue weighted by Gasteiger charge is 2.53. The number of aromatic amines is 4. The summed E-state index contributed by atoms with van der Waals surface area (Å²) in [5, 5.41) is 24.9. The molecule has 0 bridgehead atoms. The Balaban J connectivity index is 0.000000114. The Kier molecular flexibility index (Phi) is 26.5. The smallest absolute Gasteiger partial charge is 0.270 e. The van der Waals surface area contributed by atoms with Crippen molar-refractivity contribution in [2.75, 3.05) is 105 Å². The van der Waals surface area contributed by atoms with Crippen LogP contribution < -0.4 is 36.8 Å². The quantitative estimate of drug-likeness (QED) is 0.0299. The number of anilines is 9. The molecule has 0 spiro atoms. The van der Waals surface area contributed by atoms with Crippen molar-refractivity contribution >= 4 is 166 Å². The van der Waals surface area contributed by atoms with Crippen molar-refractivity contribution in [3.8, 4) is 45.6 Å². The lowest BCUT2D eigenvalue weighted by atomic mass is 9.93. The number of aryl methyl sites for hydroxylation is 5. The highest BCUT2D eigenvalue weighted by molar-refractivity contribution is 6.37. The van der Waals surface area contributed by atoms with Crippen LogP contribution in [0.2, 0.25) is 20.1 Å². The van der Waals surface area contributed by atoms with Crippen molar-refractivity contribution in [3.63, 3.8) is 0 Å². The first-order chi connectivity index (χ1) is 67.1. The van der Waals surface area contributed by atoms with E-state index < -0.39 is 0 Å². The monoisotopic (exact) mass is 1930 g/mol. The number of rotatable bonds is 21. The number of amides is 3. The molecule has 6 fully saturated rings. The van der Waals surface area contributed by atoms with Crippen LogP contribution in [-0.4, -0.2) is 237 Å². The lowest BCUT2D eigenvalue weighted by molar-refractivity contribution is 0.0136. The Labute approximate surface area is 811 Å². The van der Waals surface area contributed by atoms with E-state index >= 15 is 0 Å². The van der Waals surface area contributed by atoms with Crippen LogP contribution in [0.1, 0.15) is 93.3 Å². The number of piperidine rings is 1. The van der Waals surface area contributed by atoms with Crippen LogP contribution >= 0.6 is 46.4 Å². The van der Waals surface area contributed by atoms with E-state index in [1.54, 1.807) is 80.6 Å². The lowest BCUT2D eigenvalue weighted by Crippen LogP contribution is -2.53. The van der Waals surface area contributed by atoms with Crippen molar-refractivity contribution in [1.82, 2.24) is 133 Å². The molecule has 10 N–H and O–H groups in total. The number of carbonyl (C=O) groups excluding carboxylic acids is 4. The second-order valence-electron chi connectivity index (χ2n) is 35.6. The number of nitrogens with one attached hydrogen (secondary N) is 10. The number of hydrogen-bond donors (Lipinski definition) is 10. The van der Waals surface area contributed by atoms with Crippen molar-refractivity contribution in [2.24, 2.45) is 53.0 Å². The van der Waals surface area contributed by atoms with Crippen molar-refractivity contribution in [2.45, 2.75) is 63.5 Å². The fourth-order valence-corrected chi connectivity index (χ4v) is 19.8. The van der Waals surface area contributed by atoms with Gasteiger partial charge in [0.1, 0.15) is 39.9 Å². The summed E-state index contributed by atoms with van der Waals surface area (Å²) in [6.45, 7) is 9.51. The third-order valence-electron chi connectivity index (χ3n) is 25.8. The van der Waals surface area contributed by atoms with Gasteiger partial charge >= 0.3 is 0 Å². The van der Waals surface area contributed by atoms with Crippen LogP contribution in [0, 0.1) is 17.8 Å². The minimum absolute atomic E-state index is 0.000186. The Morgan fingerprint density at radius 1 is 0.413 bits per heavy atom. The highest BCUT2D eigenvalue weighted by Crippen LogP contribution is 2.52. The number of imidazole rings is 5. The molecule has 41 heteroatoms. The molecule has 706 valence electrons. The van der Waals surface area contributed by atoms with Gasteiger partial charge in [-0.05, 0) is 166 Å². The van der Waals surface area contributed by atoms with Gasteiger partial charge in [0.15, 0.2) is 5.78 Å². The van der Waals surface area contributed by atoms with Gasteiger partial charge in [0, 0.05) is 226 Å². The number of nitrogens with zero attached hydrogens (tertiary/aromatic N) is 22. The molecular weight excluding hydrogens is 1840 g/mol. The van der Waals surface area contributed by atoms with E-state index in [0.717, 1.165) is 198 Å². The number of benzene rings is 4. The standard InChI is InChI=1S/C26H29ClN8O2.C25H25ClN10O.C23H22ClN7O.C23H24ClN7O/c1-33-15-23(29-16-33)21-2-5-28-26(32-21)30-18-12-17-13-22(31-24(17)20(27)14-18)25(36)35-8-6-34(7-9-35)19-3-10-37-11-4-19;1-33-14-21(29-15-33)19-3-4-27-24(32-19)30-17-11-16-12-20(31-22(16)18(26)13-17)23(37)35-7-9-36(10-8-35)25-28-5-6-34(25)2;1-31-10-19(26-11-31)17-5-6-25-23(29-17)27-13-7-12-8-18(28-20(12)16(24)9-13)22(32)30-21-14-3-2-4-15(14)21;1-31-12-20(27-13-31)18-4-6-26-23(30-18)28-16-8-15-9-19(29-22(15)17(24)10-16)21(32)7-14-3-2-5-25-11-14/h2,5,12-16,19,31H,3-4,6-11H2,1H3,(H,28,30,32);3-6,11-15,31H,7-10H2,1-2H3,(H,27,30,32);5-11,14-15,21,28H,2-4H2,1H3,(H,30,32)(H,25,27,29);4,6,8-10,12-14,25,29H,2-3,5,7,11H2,1H3,(H,26,28,30)/t;;14-,15+,21?;. The average molecular weight is 1940 g/mol. The summed E-state index contributed by atoms with van der Waals surface area (Å²) in [4.78, 5) is 131. The lowest BCUT2D eigenvalue weighted by Gasteiger charge is -2.40. The molecule has 23 rings (SSSR count). The minimum Gasteiger partial charge on any atom is -0.381 e. The fourth-order valence-electron chi connectivity index (χ4n) is 18.7. The second-order valence-corrected chi connectivity index (χ2v) is 37.2. The summed E-state index contributed by atoms with van der Waals surface area (Å²) < 4.78 is 15.0. The predicted octanol–water partition coefficient (Wildman–Crippen LogP) is 15.8. The van der Waals surface area contributed by atoms with E-state index in [9.17, 15) is 19.2 Å².